The molecule has 0 spiro atoms. The highest BCUT2D eigenvalue weighted by Crippen LogP contribution is 2.26. The van der Waals surface area contributed by atoms with Crippen LogP contribution in [0.15, 0.2) is 77.4 Å². The quantitative estimate of drug-likeness (QED) is 0.215. The summed E-state index contributed by atoms with van der Waals surface area (Å²) >= 11 is 0. The lowest BCUT2D eigenvalue weighted by Gasteiger charge is -2.25. The SMILES string of the molecule is CC(C)(N)C=C(C#N)C(=O)NCC(C)(C)Cn1c(=O)n(-c2ccc(Oc3ccccc3)cc2)c2c(N)ncnc21. The van der Waals surface area contributed by atoms with E-state index in [9.17, 15) is 14.9 Å². The van der Waals surface area contributed by atoms with E-state index in [1.54, 1.807) is 38.1 Å². The van der Waals surface area contributed by atoms with Crippen molar-refractivity contribution in [2.75, 3.05) is 12.3 Å². The Bertz CT molecular complexity index is 1650. The molecule has 0 unspecified atom stereocenters. The van der Waals surface area contributed by atoms with E-state index in [0.717, 1.165) is 0 Å². The van der Waals surface area contributed by atoms with Crippen molar-refractivity contribution in [3.8, 4) is 23.3 Å². The first-order valence-electron chi connectivity index (χ1n) is 12.6. The minimum absolute atomic E-state index is 0.0720. The molecule has 0 bridgehead atoms. The molecule has 2 heterocycles. The fourth-order valence-corrected chi connectivity index (χ4v) is 4.19. The van der Waals surface area contributed by atoms with Crippen LogP contribution in [0.25, 0.3) is 16.9 Å². The number of hydrogen-bond donors (Lipinski definition) is 3. The Balaban J connectivity index is 1.63. The fourth-order valence-electron chi connectivity index (χ4n) is 4.19. The Hall–Kier alpha value is -4.95. The molecule has 0 fully saturated rings. The lowest BCUT2D eigenvalue weighted by atomic mass is 9.93. The van der Waals surface area contributed by atoms with Crippen LogP contribution in [-0.4, -0.2) is 37.1 Å². The van der Waals surface area contributed by atoms with Crippen molar-refractivity contribution in [1.82, 2.24) is 24.4 Å². The number of nitrogens with one attached hydrogen (secondary N) is 1. The van der Waals surface area contributed by atoms with Crippen LogP contribution < -0.4 is 27.2 Å². The van der Waals surface area contributed by atoms with E-state index in [-0.39, 0.29) is 30.2 Å². The third-order valence-corrected chi connectivity index (χ3v) is 6.00. The van der Waals surface area contributed by atoms with Gasteiger partial charge in [-0.25, -0.2) is 14.8 Å². The smallest absolute Gasteiger partial charge is 0.335 e. The number of rotatable bonds is 9. The normalized spacial score (nSPS) is 12.2. The Labute approximate surface area is 231 Å². The predicted molar refractivity (Wildman–Crippen MR) is 153 cm³/mol. The molecule has 4 rings (SSSR count). The number of nitrogen functional groups attached to an aromatic ring is 1. The molecule has 0 atom stereocenters. The van der Waals surface area contributed by atoms with Crippen molar-refractivity contribution in [3.05, 3.63) is 83.1 Å². The first-order chi connectivity index (χ1) is 18.9. The van der Waals surface area contributed by atoms with Crippen molar-refractivity contribution in [1.29, 1.82) is 5.26 Å². The highest BCUT2D eigenvalue weighted by atomic mass is 16.5. The van der Waals surface area contributed by atoms with Gasteiger partial charge in [-0.2, -0.15) is 5.26 Å². The summed E-state index contributed by atoms with van der Waals surface area (Å²) in [7, 11) is 0. The highest BCUT2D eigenvalue weighted by molar-refractivity contribution is 5.97. The fraction of sp³-hybridized carbons (Fsp3) is 0.276. The number of carbonyl (C=O) groups excluding carboxylic acids is 1. The van der Waals surface area contributed by atoms with Gasteiger partial charge >= 0.3 is 5.69 Å². The van der Waals surface area contributed by atoms with Gasteiger partial charge in [0.1, 0.15) is 35.0 Å². The molecule has 40 heavy (non-hydrogen) atoms. The van der Waals surface area contributed by atoms with E-state index in [4.69, 9.17) is 16.2 Å². The first kappa shape index (κ1) is 28.1. The average molecular weight is 541 g/mol. The van der Waals surface area contributed by atoms with Gasteiger partial charge < -0.3 is 21.5 Å². The standard InChI is InChI=1S/C29H32N8O3/c1-28(2,16-33-26(38)19(15-30)14-29(3,4)32)17-36-25-23(24(31)34-18-35-25)37(27(36)39)20-10-12-22(13-11-20)40-21-8-6-5-7-9-21/h5-14,18H,16-17,32H2,1-4H3,(H,33,38)(H2,31,34,35). The van der Waals surface area contributed by atoms with Crippen LogP contribution in [0, 0.1) is 16.7 Å². The maximum absolute atomic E-state index is 13.8. The summed E-state index contributed by atoms with van der Waals surface area (Å²) < 4.78 is 8.85. The lowest BCUT2D eigenvalue weighted by molar-refractivity contribution is -0.117. The Kier molecular flexibility index (Phi) is 7.74. The molecule has 0 aliphatic carbocycles. The zero-order chi connectivity index (χ0) is 29.1. The van der Waals surface area contributed by atoms with Crippen LogP contribution in [0.3, 0.4) is 0 Å². The molecule has 0 saturated carbocycles. The number of nitrogens with two attached hydrogens (primary N) is 2. The van der Waals surface area contributed by atoms with E-state index in [2.05, 4.69) is 15.3 Å². The van der Waals surface area contributed by atoms with E-state index in [1.807, 2.05) is 50.2 Å². The van der Waals surface area contributed by atoms with Gasteiger partial charge in [0.2, 0.25) is 0 Å². The maximum Gasteiger partial charge on any atom is 0.335 e. The third-order valence-electron chi connectivity index (χ3n) is 6.00. The number of fused-ring (bicyclic) bond motifs is 1. The maximum atomic E-state index is 13.8. The van der Waals surface area contributed by atoms with Gasteiger partial charge in [0.25, 0.3) is 5.91 Å². The van der Waals surface area contributed by atoms with Gasteiger partial charge in [0.15, 0.2) is 11.5 Å². The number of para-hydroxylation sites is 1. The Morgan fingerprint density at radius 3 is 2.35 bits per heavy atom. The third kappa shape index (κ3) is 6.36. The molecule has 11 nitrogen and oxygen atoms in total. The van der Waals surface area contributed by atoms with Gasteiger partial charge in [-0.15, -0.1) is 0 Å². The highest BCUT2D eigenvalue weighted by Gasteiger charge is 2.27. The van der Waals surface area contributed by atoms with Crippen molar-refractivity contribution in [2.24, 2.45) is 11.1 Å². The second-order valence-electron chi connectivity index (χ2n) is 10.9. The van der Waals surface area contributed by atoms with Gasteiger partial charge in [0, 0.05) is 24.0 Å². The summed E-state index contributed by atoms with van der Waals surface area (Å²) in [4.78, 5) is 34.8. The van der Waals surface area contributed by atoms with Crippen LogP contribution in [0.4, 0.5) is 5.82 Å². The largest absolute Gasteiger partial charge is 0.457 e. The monoisotopic (exact) mass is 540 g/mol. The number of nitrogens with zero attached hydrogens (tertiary/aromatic N) is 5. The average Bonchev–Trinajstić information content (AvgIpc) is 3.18. The molecule has 4 aromatic rings. The van der Waals surface area contributed by atoms with Crippen LogP contribution in [-0.2, 0) is 11.3 Å². The van der Waals surface area contributed by atoms with Crippen molar-refractivity contribution in [2.45, 2.75) is 39.8 Å². The zero-order valence-electron chi connectivity index (χ0n) is 22.9. The second-order valence-corrected chi connectivity index (χ2v) is 10.9. The van der Waals surface area contributed by atoms with Gasteiger partial charge in [0.05, 0.1) is 5.69 Å². The number of nitriles is 1. The van der Waals surface area contributed by atoms with Gasteiger partial charge in [-0.05, 0) is 56.3 Å². The summed E-state index contributed by atoms with van der Waals surface area (Å²) in [6.45, 7) is 7.57. The molecule has 2 aromatic heterocycles. The minimum Gasteiger partial charge on any atom is -0.457 e. The molecular formula is C29H32N8O3. The number of imidazole rings is 1. The molecular weight excluding hydrogens is 508 g/mol. The Morgan fingerprint density at radius 1 is 1.07 bits per heavy atom. The molecule has 2 aromatic carbocycles. The van der Waals surface area contributed by atoms with Crippen molar-refractivity contribution < 1.29 is 9.53 Å². The number of amides is 1. The van der Waals surface area contributed by atoms with Crippen LogP contribution in [0.1, 0.15) is 27.7 Å². The Morgan fingerprint density at radius 2 is 1.73 bits per heavy atom. The number of carbonyl (C=O) groups is 1. The number of ether oxygens (including phenoxy) is 1. The second kappa shape index (κ2) is 11.0. The van der Waals surface area contributed by atoms with Crippen LogP contribution in [0.5, 0.6) is 11.5 Å². The minimum atomic E-state index is -0.821. The van der Waals surface area contributed by atoms with E-state index >= 15 is 0 Å². The number of benzene rings is 2. The van der Waals surface area contributed by atoms with E-state index < -0.39 is 16.9 Å². The zero-order valence-corrected chi connectivity index (χ0v) is 22.9. The van der Waals surface area contributed by atoms with Crippen LogP contribution >= 0.6 is 0 Å². The van der Waals surface area contributed by atoms with Crippen molar-refractivity contribution in [3.63, 3.8) is 0 Å². The van der Waals surface area contributed by atoms with E-state index in [0.29, 0.717) is 28.4 Å². The number of anilines is 1. The first-order valence-corrected chi connectivity index (χ1v) is 12.6. The molecule has 11 heteroatoms. The van der Waals surface area contributed by atoms with Gasteiger partial charge in [-0.1, -0.05) is 32.0 Å². The van der Waals surface area contributed by atoms with Crippen molar-refractivity contribution >= 4 is 22.9 Å². The van der Waals surface area contributed by atoms with E-state index in [1.165, 1.54) is 21.5 Å². The number of hydrogen-bond acceptors (Lipinski definition) is 8. The topological polar surface area (TPSA) is 167 Å². The summed E-state index contributed by atoms with van der Waals surface area (Å²) in [5.41, 5.74) is 11.6. The summed E-state index contributed by atoms with van der Waals surface area (Å²) in [5.74, 6) is 0.926. The molecule has 5 N–H and O–H groups in total. The molecule has 0 aliphatic rings. The van der Waals surface area contributed by atoms with Gasteiger partial charge in [-0.3, -0.25) is 13.9 Å². The summed E-state index contributed by atoms with van der Waals surface area (Å²) in [6.07, 6.45) is 2.73. The summed E-state index contributed by atoms with van der Waals surface area (Å²) in [6, 6.07) is 18.3. The molecule has 206 valence electrons. The lowest BCUT2D eigenvalue weighted by Crippen LogP contribution is -2.40. The number of aromatic nitrogens is 4. The predicted octanol–water partition coefficient (Wildman–Crippen LogP) is 3.29. The molecule has 1 amide bonds. The summed E-state index contributed by atoms with van der Waals surface area (Å²) in [5, 5.41) is 12.2. The molecule has 0 saturated heterocycles. The molecule has 0 radical (unpaired) electrons. The van der Waals surface area contributed by atoms with Crippen LogP contribution in [0.2, 0.25) is 0 Å². The molecule has 0 aliphatic heterocycles.